The van der Waals surface area contributed by atoms with Crippen molar-refractivity contribution in [2.45, 2.75) is 6.61 Å². The molecule has 0 spiro atoms. The molecule has 1 N–H and O–H groups in total. The van der Waals surface area contributed by atoms with E-state index >= 15 is 0 Å². The van der Waals surface area contributed by atoms with Crippen molar-refractivity contribution in [3.63, 3.8) is 0 Å². The predicted molar refractivity (Wildman–Crippen MR) is 101 cm³/mol. The zero-order valence-corrected chi connectivity index (χ0v) is 14.6. The van der Waals surface area contributed by atoms with Crippen LogP contribution in [0.25, 0.3) is 6.08 Å². The first kappa shape index (κ1) is 17.5. The van der Waals surface area contributed by atoms with Gasteiger partial charge in [0.1, 0.15) is 11.6 Å². The third kappa shape index (κ3) is 4.81. The van der Waals surface area contributed by atoms with Crippen molar-refractivity contribution in [2.24, 2.45) is 0 Å². The minimum Gasteiger partial charge on any atom is -0.497 e. The lowest BCUT2D eigenvalue weighted by Crippen LogP contribution is -2.46. The molecule has 0 atom stereocenters. The van der Waals surface area contributed by atoms with Gasteiger partial charge in [0.2, 0.25) is 0 Å². The van der Waals surface area contributed by atoms with Crippen LogP contribution in [0.2, 0.25) is 0 Å². The zero-order valence-electron chi connectivity index (χ0n) is 14.6. The summed E-state index contributed by atoms with van der Waals surface area (Å²) in [6, 6.07) is 11.9. The average molecular weight is 339 g/mol. The van der Waals surface area contributed by atoms with Gasteiger partial charge in [0.25, 0.3) is 0 Å². The van der Waals surface area contributed by atoms with E-state index in [1.165, 1.54) is 5.56 Å². The predicted octanol–water partition coefficient (Wildman–Crippen LogP) is 2.42. The van der Waals surface area contributed by atoms with E-state index in [1.807, 2.05) is 24.3 Å². The van der Waals surface area contributed by atoms with Crippen molar-refractivity contribution in [1.82, 2.24) is 9.88 Å². The summed E-state index contributed by atoms with van der Waals surface area (Å²) in [5, 5.41) is 9.25. The molecule has 0 saturated carbocycles. The molecule has 5 heteroatoms. The first-order chi connectivity index (χ1) is 12.3. The van der Waals surface area contributed by atoms with Crippen LogP contribution in [0.4, 0.5) is 5.82 Å². The molecule has 1 aliphatic rings. The summed E-state index contributed by atoms with van der Waals surface area (Å²) in [6.07, 6.45) is 6.13. The van der Waals surface area contributed by atoms with Gasteiger partial charge in [-0.1, -0.05) is 24.3 Å². The monoisotopic (exact) mass is 339 g/mol. The smallest absolute Gasteiger partial charge is 0.128 e. The second-order valence-corrected chi connectivity index (χ2v) is 6.14. The molecule has 0 unspecified atom stereocenters. The second kappa shape index (κ2) is 8.65. The van der Waals surface area contributed by atoms with E-state index in [0.717, 1.165) is 49.9 Å². The lowest BCUT2D eigenvalue weighted by Gasteiger charge is -2.35. The fourth-order valence-corrected chi connectivity index (χ4v) is 2.94. The fourth-order valence-electron chi connectivity index (χ4n) is 2.94. The Morgan fingerprint density at radius 3 is 2.56 bits per heavy atom. The molecule has 0 radical (unpaired) electrons. The van der Waals surface area contributed by atoms with Crippen LogP contribution in [0.3, 0.4) is 0 Å². The molecule has 1 fully saturated rings. The summed E-state index contributed by atoms with van der Waals surface area (Å²) in [5.41, 5.74) is 2.10. The van der Waals surface area contributed by atoms with Gasteiger partial charge in [0, 0.05) is 38.9 Å². The van der Waals surface area contributed by atoms with Crippen molar-refractivity contribution >= 4 is 11.9 Å². The van der Waals surface area contributed by atoms with Gasteiger partial charge in [-0.25, -0.2) is 4.98 Å². The number of hydrogen-bond acceptors (Lipinski definition) is 5. The Hall–Kier alpha value is -2.37. The molecular weight excluding hydrogens is 314 g/mol. The molecule has 2 aromatic rings. The number of methoxy groups -OCH3 is 1. The van der Waals surface area contributed by atoms with Crippen molar-refractivity contribution < 1.29 is 9.84 Å². The van der Waals surface area contributed by atoms with Crippen molar-refractivity contribution in [3.8, 4) is 5.75 Å². The maximum Gasteiger partial charge on any atom is 0.128 e. The minimum atomic E-state index is 0.0612. The van der Waals surface area contributed by atoms with Crippen LogP contribution in [-0.2, 0) is 6.61 Å². The number of ether oxygens (including phenoxy) is 1. The fraction of sp³-hybridized carbons (Fsp3) is 0.350. The number of aliphatic hydroxyl groups excluding tert-OH is 1. The van der Waals surface area contributed by atoms with E-state index in [9.17, 15) is 5.11 Å². The quantitative estimate of drug-likeness (QED) is 0.876. The summed E-state index contributed by atoms with van der Waals surface area (Å²) in [6.45, 7) is 4.95. The number of aliphatic hydroxyl groups is 1. The number of rotatable bonds is 6. The molecule has 132 valence electrons. The van der Waals surface area contributed by atoms with Gasteiger partial charge in [-0.05, 0) is 35.4 Å². The Bertz CT molecular complexity index is 692. The van der Waals surface area contributed by atoms with E-state index in [2.05, 4.69) is 39.1 Å². The molecule has 1 aromatic heterocycles. The van der Waals surface area contributed by atoms with Gasteiger partial charge in [0.05, 0.1) is 13.7 Å². The van der Waals surface area contributed by atoms with Crippen LogP contribution in [0.15, 0.2) is 48.7 Å². The van der Waals surface area contributed by atoms with Crippen molar-refractivity contribution in [3.05, 3.63) is 59.8 Å². The number of hydrogen-bond donors (Lipinski definition) is 1. The molecule has 1 aromatic carbocycles. The minimum absolute atomic E-state index is 0.0612. The zero-order chi connectivity index (χ0) is 17.5. The normalized spacial score (nSPS) is 15.7. The Morgan fingerprint density at radius 2 is 1.88 bits per heavy atom. The number of benzene rings is 1. The molecule has 0 aliphatic carbocycles. The average Bonchev–Trinajstić information content (AvgIpc) is 2.69. The molecule has 5 nitrogen and oxygen atoms in total. The number of anilines is 1. The SMILES string of the molecule is COc1ccc(C=CCN2CCN(c3cc(CO)ccn3)CC2)cc1. The molecule has 2 heterocycles. The van der Waals surface area contributed by atoms with Gasteiger partial charge >= 0.3 is 0 Å². The van der Waals surface area contributed by atoms with Crippen LogP contribution in [0, 0.1) is 0 Å². The maximum absolute atomic E-state index is 9.25. The molecule has 0 amide bonds. The summed E-state index contributed by atoms with van der Waals surface area (Å²) >= 11 is 0. The van der Waals surface area contributed by atoms with Crippen LogP contribution in [0.1, 0.15) is 11.1 Å². The highest BCUT2D eigenvalue weighted by Crippen LogP contribution is 2.16. The molecule has 0 bridgehead atoms. The third-order valence-electron chi connectivity index (χ3n) is 4.48. The van der Waals surface area contributed by atoms with E-state index in [0.29, 0.717) is 0 Å². The number of nitrogens with zero attached hydrogens (tertiary/aromatic N) is 3. The van der Waals surface area contributed by atoms with Gasteiger partial charge in [-0.3, -0.25) is 4.90 Å². The lowest BCUT2D eigenvalue weighted by molar-refractivity contribution is 0.280. The number of aromatic nitrogens is 1. The van der Waals surface area contributed by atoms with Crippen LogP contribution in [-0.4, -0.2) is 54.8 Å². The third-order valence-corrected chi connectivity index (χ3v) is 4.48. The first-order valence-corrected chi connectivity index (χ1v) is 8.62. The summed E-state index contributed by atoms with van der Waals surface area (Å²) in [7, 11) is 1.68. The highest BCUT2D eigenvalue weighted by molar-refractivity contribution is 5.50. The molecule has 25 heavy (non-hydrogen) atoms. The highest BCUT2D eigenvalue weighted by atomic mass is 16.5. The van der Waals surface area contributed by atoms with Crippen LogP contribution in [0.5, 0.6) is 5.75 Å². The highest BCUT2D eigenvalue weighted by Gasteiger charge is 2.17. The molecule has 3 rings (SSSR count). The van der Waals surface area contributed by atoms with Crippen LogP contribution < -0.4 is 9.64 Å². The van der Waals surface area contributed by atoms with Gasteiger partial charge < -0.3 is 14.7 Å². The van der Waals surface area contributed by atoms with Crippen molar-refractivity contribution in [2.75, 3.05) is 44.7 Å². The van der Waals surface area contributed by atoms with E-state index in [1.54, 1.807) is 13.3 Å². The van der Waals surface area contributed by atoms with Gasteiger partial charge in [0.15, 0.2) is 0 Å². The van der Waals surface area contributed by atoms with Crippen molar-refractivity contribution in [1.29, 1.82) is 0 Å². The first-order valence-electron chi connectivity index (χ1n) is 8.62. The Balaban J connectivity index is 1.48. The Kier molecular flexibility index (Phi) is 6.04. The molecule has 1 aliphatic heterocycles. The summed E-state index contributed by atoms with van der Waals surface area (Å²) in [4.78, 5) is 9.14. The number of piperazine rings is 1. The summed E-state index contributed by atoms with van der Waals surface area (Å²) < 4.78 is 5.17. The maximum atomic E-state index is 9.25. The second-order valence-electron chi connectivity index (χ2n) is 6.14. The Labute approximate surface area is 149 Å². The Morgan fingerprint density at radius 1 is 1.12 bits per heavy atom. The van der Waals surface area contributed by atoms with Crippen LogP contribution >= 0.6 is 0 Å². The standard InChI is InChI=1S/C20H25N3O2/c1-25-19-6-4-17(5-7-19)3-2-10-22-11-13-23(14-12-22)20-15-18(16-24)8-9-21-20/h2-9,15,24H,10-14,16H2,1H3. The van der Waals surface area contributed by atoms with Gasteiger partial charge in [-0.2, -0.15) is 0 Å². The van der Waals surface area contributed by atoms with E-state index in [-0.39, 0.29) is 6.61 Å². The molecule has 1 saturated heterocycles. The van der Waals surface area contributed by atoms with E-state index < -0.39 is 0 Å². The van der Waals surface area contributed by atoms with Gasteiger partial charge in [-0.15, -0.1) is 0 Å². The topological polar surface area (TPSA) is 48.8 Å². The number of pyridine rings is 1. The largest absolute Gasteiger partial charge is 0.497 e. The lowest BCUT2D eigenvalue weighted by atomic mass is 10.2. The molecular formula is C20H25N3O2. The van der Waals surface area contributed by atoms with E-state index in [4.69, 9.17) is 4.74 Å². The summed E-state index contributed by atoms with van der Waals surface area (Å²) in [5.74, 6) is 1.84.